The minimum Gasteiger partial charge on any atom is -0.480 e. The summed E-state index contributed by atoms with van der Waals surface area (Å²) in [5.74, 6) is -1.54. The maximum Gasteiger partial charge on any atom is 0.416 e. The van der Waals surface area contributed by atoms with Crippen LogP contribution < -0.4 is 15.8 Å². The number of hydrogen-bond donors (Lipinski definition) is 2. The number of hydrogen-bond acceptors (Lipinski definition) is 5. The third-order valence-corrected chi connectivity index (χ3v) is 5.71. The van der Waals surface area contributed by atoms with E-state index in [9.17, 15) is 22.8 Å². The van der Waals surface area contributed by atoms with Gasteiger partial charge in [0.1, 0.15) is 5.56 Å². The molecule has 0 radical (unpaired) electrons. The Balaban J connectivity index is 1.70. The number of alkyl halides is 3. The predicted molar refractivity (Wildman–Crippen MR) is 126 cm³/mol. The highest BCUT2D eigenvalue weighted by Crippen LogP contribution is 2.35. The third kappa shape index (κ3) is 4.59. The van der Waals surface area contributed by atoms with Crippen LogP contribution in [0, 0.1) is 0 Å². The molecule has 36 heavy (non-hydrogen) atoms. The van der Waals surface area contributed by atoms with Gasteiger partial charge in [-0.1, -0.05) is 24.3 Å². The van der Waals surface area contributed by atoms with Crippen LogP contribution in [0.15, 0.2) is 54.7 Å². The summed E-state index contributed by atoms with van der Waals surface area (Å²) in [6.07, 6.45) is -3.17. The van der Waals surface area contributed by atoms with Crippen molar-refractivity contribution in [2.75, 3.05) is 7.09 Å². The van der Waals surface area contributed by atoms with Crippen molar-refractivity contribution in [3.05, 3.63) is 77.1 Å². The van der Waals surface area contributed by atoms with E-state index in [0.717, 1.165) is 6.07 Å². The molecule has 0 unspecified atom stereocenters. The quantitative estimate of drug-likeness (QED) is 0.412. The maximum atomic E-state index is 13.5. The molecule has 1 atom stereocenters. The van der Waals surface area contributed by atoms with Crippen LogP contribution >= 0.6 is 0 Å². The van der Waals surface area contributed by atoms with E-state index in [-0.39, 0.29) is 22.7 Å². The highest BCUT2D eigenvalue weighted by Gasteiger charge is 2.34. The number of rotatable bonds is 6. The molecule has 2 aromatic carbocycles. The molecule has 4 aromatic rings. The topological polar surface area (TPSA) is 112 Å². The van der Waals surface area contributed by atoms with Gasteiger partial charge >= 0.3 is 6.18 Å². The molecule has 8 nitrogen and oxygen atoms in total. The van der Waals surface area contributed by atoms with Crippen molar-refractivity contribution < 1.29 is 30.3 Å². The Morgan fingerprint density at radius 2 is 1.97 bits per heavy atom. The first-order valence-electron chi connectivity index (χ1n) is 11.8. The summed E-state index contributed by atoms with van der Waals surface area (Å²) < 4.78 is 61.5. The molecule has 2 heterocycles. The standard InChI is InChI=1S/C25H22F3N5O3/c1-13(16-6-4-5-7-19(16)25(26,27)28)31-23(35)18-10-15(12-30-24(18)36-3)14-8-9-17-20(11-14)33(2)32-21(17)22(29)34/h4-13H,1-3H3,(H2,29,34)(H,31,35)/t13-/m1/s1/i3D/hD. The van der Waals surface area contributed by atoms with Gasteiger partial charge in [0.25, 0.3) is 11.8 Å². The van der Waals surface area contributed by atoms with Gasteiger partial charge in [0.2, 0.25) is 5.88 Å². The van der Waals surface area contributed by atoms with E-state index in [1.165, 1.54) is 42.1 Å². The normalized spacial score (nSPS) is 13.0. The maximum absolute atomic E-state index is 13.5. The van der Waals surface area contributed by atoms with Gasteiger partial charge < -0.3 is 15.8 Å². The number of halogens is 3. The first-order valence-corrected chi connectivity index (χ1v) is 10.6. The van der Waals surface area contributed by atoms with Gasteiger partial charge in [-0.25, -0.2) is 4.98 Å². The van der Waals surface area contributed by atoms with E-state index >= 15 is 0 Å². The summed E-state index contributed by atoms with van der Waals surface area (Å²) in [7, 11) is 1.11. The second kappa shape index (κ2) is 9.33. The molecule has 0 aliphatic heterocycles. The summed E-state index contributed by atoms with van der Waals surface area (Å²) in [5, 5.41) is 7.23. The fraction of sp³-hybridized carbons (Fsp3) is 0.200. The van der Waals surface area contributed by atoms with Crippen LogP contribution in [0.5, 0.6) is 5.88 Å². The van der Waals surface area contributed by atoms with Crippen molar-refractivity contribution in [2.45, 2.75) is 19.1 Å². The van der Waals surface area contributed by atoms with E-state index in [1.807, 2.05) is 0 Å². The van der Waals surface area contributed by atoms with Crippen molar-refractivity contribution in [1.29, 1.82) is 0 Å². The number of pyridine rings is 1. The largest absolute Gasteiger partial charge is 0.480 e. The molecule has 11 heteroatoms. The van der Waals surface area contributed by atoms with Crippen molar-refractivity contribution in [2.24, 2.45) is 12.8 Å². The highest BCUT2D eigenvalue weighted by atomic mass is 19.4. The van der Waals surface area contributed by atoms with Gasteiger partial charge in [0, 0.05) is 24.2 Å². The molecule has 3 N–H and O–H groups in total. The lowest BCUT2D eigenvalue weighted by atomic mass is 10.00. The van der Waals surface area contributed by atoms with Crippen LogP contribution in [-0.2, 0) is 13.2 Å². The number of carbonyl (C=O) groups excluding carboxylic acids is 2. The Kier molecular flexibility index (Phi) is 5.72. The Morgan fingerprint density at radius 1 is 1.19 bits per heavy atom. The number of nitrogens with two attached hydrogens (primary N) is 1. The lowest BCUT2D eigenvalue weighted by Gasteiger charge is -2.20. The predicted octanol–water partition coefficient (Wildman–Crippen LogP) is 4.25. The number of aryl methyl sites for hydroxylation is 1. The molecule has 0 spiro atoms. The minimum atomic E-state index is -4.60. The van der Waals surface area contributed by atoms with Crippen molar-refractivity contribution >= 4 is 22.7 Å². The molecule has 0 aliphatic rings. The van der Waals surface area contributed by atoms with E-state index < -0.39 is 36.7 Å². The summed E-state index contributed by atoms with van der Waals surface area (Å²) in [6, 6.07) is 10.5. The lowest BCUT2D eigenvalue weighted by molar-refractivity contribution is -0.138. The SMILES string of the molecule is [2H]COc1ncc(-c2ccc3c(C(=O)N[2H])nn(C)c3c2)cc1C(=O)N[C@H](C)c1ccccc1C(F)(F)F. The molecule has 0 aliphatic carbocycles. The van der Waals surface area contributed by atoms with Crippen molar-refractivity contribution in [3.8, 4) is 17.0 Å². The summed E-state index contributed by atoms with van der Waals surface area (Å²) in [6.45, 7) is 1.44. The van der Waals surface area contributed by atoms with E-state index in [2.05, 4.69) is 15.4 Å². The van der Waals surface area contributed by atoms with Crippen molar-refractivity contribution in [1.82, 2.24) is 20.1 Å². The second-order valence-corrected chi connectivity index (χ2v) is 8.03. The van der Waals surface area contributed by atoms with E-state index in [4.69, 9.17) is 7.52 Å². The number of methoxy groups -OCH3 is 1. The Bertz CT molecular complexity index is 1520. The van der Waals surface area contributed by atoms with Gasteiger partial charge in [-0.3, -0.25) is 14.3 Å². The molecule has 0 saturated heterocycles. The zero-order chi connectivity index (χ0) is 27.6. The molecule has 186 valence electrons. The number of amides is 2. The van der Waals surface area contributed by atoms with Gasteiger partial charge in [0.15, 0.2) is 7.11 Å². The summed E-state index contributed by atoms with van der Waals surface area (Å²) in [5.41, 5.74) is 2.52. The van der Waals surface area contributed by atoms with Crippen LogP contribution in [0.1, 0.15) is 46.3 Å². The number of fused-ring (bicyclic) bond motifs is 1. The number of ether oxygens (including phenoxy) is 1. The molecular weight excluding hydrogens is 475 g/mol. The molecule has 4 rings (SSSR count). The number of nitrogens with one attached hydrogen (secondary N) is 1. The number of benzene rings is 2. The lowest BCUT2D eigenvalue weighted by Crippen LogP contribution is -2.29. The highest BCUT2D eigenvalue weighted by molar-refractivity contribution is 6.05. The fourth-order valence-corrected chi connectivity index (χ4v) is 3.98. The van der Waals surface area contributed by atoms with Crippen LogP contribution in [0.4, 0.5) is 13.2 Å². The molecule has 0 fully saturated rings. The average molecular weight is 499 g/mol. The monoisotopic (exact) mass is 499 g/mol. The second-order valence-electron chi connectivity index (χ2n) is 8.03. The van der Waals surface area contributed by atoms with Gasteiger partial charge in [-0.15, -0.1) is 0 Å². The van der Waals surface area contributed by atoms with Crippen LogP contribution in [0.2, 0.25) is 1.41 Å². The van der Waals surface area contributed by atoms with E-state index in [0.29, 0.717) is 22.0 Å². The Hall–Kier alpha value is -4.41. The smallest absolute Gasteiger partial charge is 0.416 e. The Morgan fingerprint density at radius 3 is 2.69 bits per heavy atom. The average Bonchev–Trinajstić information content (AvgIpc) is 3.23. The molecule has 2 amide bonds. The van der Waals surface area contributed by atoms with Crippen LogP contribution in [-0.4, -0.2) is 33.7 Å². The van der Waals surface area contributed by atoms with Crippen molar-refractivity contribution in [3.63, 3.8) is 0 Å². The first kappa shape index (κ1) is 22.1. The van der Waals surface area contributed by atoms with Crippen LogP contribution in [0.25, 0.3) is 22.0 Å². The number of aromatic nitrogens is 3. The molecular formula is C25H22F3N5O3. The van der Waals surface area contributed by atoms with Gasteiger partial charge in [0.05, 0.1) is 25.6 Å². The number of primary amides is 1. The summed E-state index contributed by atoms with van der Waals surface area (Å²) >= 11 is 0. The number of carbonyl (C=O) groups is 2. The Labute approximate surface area is 206 Å². The van der Waals surface area contributed by atoms with Gasteiger partial charge in [-0.05, 0) is 42.3 Å². The molecule has 0 saturated carbocycles. The third-order valence-electron chi connectivity index (χ3n) is 5.71. The first-order chi connectivity index (χ1) is 18.0. The molecule has 2 aromatic heterocycles. The zero-order valence-electron chi connectivity index (χ0n) is 21.2. The zero-order valence-corrected chi connectivity index (χ0v) is 19.2. The molecule has 0 bridgehead atoms. The van der Waals surface area contributed by atoms with Crippen LogP contribution in [0.3, 0.4) is 0 Å². The minimum absolute atomic E-state index is 0.0644. The van der Waals surface area contributed by atoms with Gasteiger partial charge in [-0.2, -0.15) is 18.3 Å². The van der Waals surface area contributed by atoms with E-state index in [1.54, 1.807) is 31.0 Å². The summed E-state index contributed by atoms with van der Waals surface area (Å²) in [4.78, 5) is 29.3. The number of nitrogens with zero attached hydrogens (tertiary/aromatic N) is 3. The fourth-order valence-electron chi connectivity index (χ4n) is 3.98.